The lowest BCUT2D eigenvalue weighted by Crippen LogP contribution is -2.09. The number of anilines is 1. The molecule has 64 valence electrons. The molecule has 0 atom stereocenters. The maximum Gasteiger partial charge on any atom is 0.360 e. The van der Waals surface area contributed by atoms with Gasteiger partial charge in [-0.1, -0.05) is 0 Å². The molecule has 1 aromatic rings. The Morgan fingerprint density at radius 1 is 1.92 bits per heavy atom. The first-order valence-electron chi connectivity index (χ1n) is 3.00. The van der Waals surface area contributed by atoms with Crippen molar-refractivity contribution in [1.29, 1.82) is 0 Å². The van der Waals surface area contributed by atoms with Crippen LogP contribution in [0.3, 0.4) is 0 Å². The van der Waals surface area contributed by atoms with Crippen LogP contribution in [0, 0.1) is 10.1 Å². The Kier molecular flexibility index (Phi) is 2.31. The van der Waals surface area contributed by atoms with E-state index in [1.54, 1.807) is 0 Å². The van der Waals surface area contributed by atoms with Gasteiger partial charge in [-0.25, -0.2) is 5.10 Å². The molecule has 1 rings (SSSR count). The third-order valence-corrected chi connectivity index (χ3v) is 1.00. The molecule has 0 bridgehead atoms. The molecule has 0 aliphatic carbocycles. The summed E-state index contributed by atoms with van der Waals surface area (Å²) in [4.78, 5) is 13.1. The monoisotopic (exact) mass is 170 g/mol. The van der Waals surface area contributed by atoms with E-state index in [2.05, 4.69) is 25.7 Å². The second-order valence-corrected chi connectivity index (χ2v) is 1.86. The van der Waals surface area contributed by atoms with Crippen LogP contribution in [-0.4, -0.2) is 25.9 Å². The summed E-state index contributed by atoms with van der Waals surface area (Å²) in [5, 5.41) is 19.4. The molecular formula is C4H6N6O2. The summed E-state index contributed by atoms with van der Waals surface area (Å²) in [7, 11) is 0. The van der Waals surface area contributed by atoms with Crippen molar-refractivity contribution in [3.63, 3.8) is 0 Å². The molecule has 0 aliphatic rings. The minimum atomic E-state index is -0.608. The molecule has 12 heavy (non-hydrogen) atoms. The predicted octanol–water partition coefficient (Wildman–Crippen LogP) is -0.173. The predicted molar refractivity (Wildman–Crippen MR) is 40.1 cm³/mol. The maximum atomic E-state index is 10.0. The van der Waals surface area contributed by atoms with Crippen molar-refractivity contribution in [1.82, 2.24) is 15.2 Å². The van der Waals surface area contributed by atoms with Gasteiger partial charge >= 0.3 is 5.84 Å². The van der Waals surface area contributed by atoms with Gasteiger partial charge in [0.15, 0.2) is 0 Å². The van der Waals surface area contributed by atoms with E-state index in [0.717, 1.165) is 0 Å². The third kappa shape index (κ3) is 2.01. The third-order valence-electron chi connectivity index (χ3n) is 1.00. The molecule has 2 N–H and O–H groups in total. The second-order valence-electron chi connectivity index (χ2n) is 1.86. The topological polar surface area (TPSA) is 109 Å². The van der Waals surface area contributed by atoms with Gasteiger partial charge in [0.05, 0.1) is 5.10 Å². The van der Waals surface area contributed by atoms with E-state index in [4.69, 9.17) is 0 Å². The number of hydrogen-bond donors (Lipinski definition) is 2. The van der Waals surface area contributed by atoms with E-state index < -0.39 is 4.92 Å². The van der Waals surface area contributed by atoms with E-state index >= 15 is 0 Å². The fourth-order valence-electron chi connectivity index (χ4n) is 0.434. The van der Waals surface area contributed by atoms with Crippen molar-refractivity contribution in [2.75, 3.05) is 5.43 Å². The molecule has 0 saturated carbocycles. The largest absolute Gasteiger partial charge is 0.360 e. The number of hydrogen-bond acceptors (Lipinski definition) is 6. The molecular weight excluding hydrogens is 164 g/mol. The molecule has 8 nitrogen and oxygen atoms in total. The minimum Gasteiger partial charge on any atom is -0.358 e. The number of amidine groups is 1. The van der Waals surface area contributed by atoms with Crippen molar-refractivity contribution in [2.24, 2.45) is 5.10 Å². The number of rotatable bonds is 2. The maximum absolute atomic E-state index is 10.0. The molecule has 0 aliphatic heterocycles. The summed E-state index contributed by atoms with van der Waals surface area (Å²) < 4.78 is 0. The van der Waals surface area contributed by atoms with Gasteiger partial charge in [-0.2, -0.15) is 10.1 Å². The Labute approximate surface area is 66.8 Å². The van der Waals surface area contributed by atoms with Crippen LogP contribution >= 0.6 is 0 Å². The van der Waals surface area contributed by atoms with Crippen LogP contribution in [0.25, 0.3) is 0 Å². The SMILES string of the molecule is CC(=NNc1ncn[nH]1)[N+](=O)[O-]. The number of hydrazone groups is 1. The molecule has 0 fully saturated rings. The summed E-state index contributed by atoms with van der Waals surface area (Å²) >= 11 is 0. The fourth-order valence-corrected chi connectivity index (χ4v) is 0.434. The summed E-state index contributed by atoms with van der Waals surface area (Å²) in [6, 6.07) is 0. The molecule has 0 radical (unpaired) electrons. The first kappa shape index (κ1) is 8.11. The van der Waals surface area contributed by atoms with Crippen LogP contribution in [-0.2, 0) is 0 Å². The van der Waals surface area contributed by atoms with Crippen LogP contribution in [0.5, 0.6) is 0 Å². The highest BCUT2D eigenvalue weighted by atomic mass is 16.6. The molecule has 8 heteroatoms. The lowest BCUT2D eigenvalue weighted by molar-refractivity contribution is -0.351. The van der Waals surface area contributed by atoms with Gasteiger partial charge in [-0.05, 0) is 4.92 Å². The zero-order valence-corrected chi connectivity index (χ0v) is 6.18. The Morgan fingerprint density at radius 2 is 2.67 bits per heavy atom. The van der Waals surface area contributed by atoms with E-state index in [9.17, 15) is 10.1 Å². The Balaban J connectivity index is 2.55. The van der Waals surface area contributed by atoms with Crippen molar-refractivity contribution >= 4 is 11.8 Å². The van der Waals surface area contributed by atoms with E-state index in [-0.39, 0.29) is 11.8 Å². The summed E-state index contributed by atoms with van der Waals surface area (Å²) in [5.41, 5.74) is 2.32. The smallest absolute Gasteiger partial charge is 0.358 e. The second kappa shape index (κ2) is 3.42. The highest BCUT2D eigenvalue weighted by Gasteiger charge is 2.03. The highest BCUT2D eigenvalue weighted by molar-refractivity contribution is 5.71. The average Bonchev–Trinajstić information content (AvgIpc) is 2.51. The Morgan fingerprint density at radius 3 is 3.17 bits per heavy atom. The van der Waals surface area contributed by atoms with Crippen LogP contribution in [0.15, 0.2) is 11.4 Å². The molecule has 0 saturated heterocycles. The molecule has 0 amide bonds. The van der Waals surface area contributed by atoms with Crippen molar-refractivity contribution in [3.8, 4) is 0 Å². The van der Waals surface area contributed by atoms with Gasteiger partial charge in [0.2, 0.25) is 0 Å². The van der Waals surface area contributed by atoms with Gasteiger partial charge in [0.25, 0.3) is 5.95 Å². The van der Waals surface area contributed by atoms with E-state index in [1.165, 1.54) is 13.3 Å². The number of aromatic nitrogens is 3. The minimum absolute atomic E-state index is 0.244. The van der Waals surface area contributed by atoms with E-state index in [0.29, 0.717) is 0 Å². The number of nitro groups is 1. The van der Waals surface area contributed by atoms with Crippen molar-refractivity contribution in [2.45, 2.75) is 6.92 Å². The first-order chi connectivity index (χ1) is 5.70. The normalized spacial score (nSPS) is 11.2. The fraction of sp³-hybridized carbons (Fsp3) is 0.250. The summed E-state index contributed by atoms with van der Waals surface area (Å²) in [5.74, 6) is 0.0163. The van der Waals surface area contributed by atoms with Crippen LogP contribution in [0.4, 0.5) is 5.95 Å². The number of nitrogens with one attached hydrogen (secondary N) is 2. The first-order valence-corrected chi connectivity index (χ1v) is 3.00. The number of aromatic amines is 1. The van der Waals surface area contributed by atoms with Crippen LogP contribution < -0.4 is 5.43 Å². The molecule has 1 aromatic heterocycles. The Bertz CT molecular complexity index is 291. The molecule has 0 aromatic carbocycles. The lowest BCUT2D eigenvalue weighted by Gasteiger charge is -1.89. The summed E-state index contributed by atoms with van der Waals surface area (Å²) in [6.45, 7) is 1.27. The molecule has 0 unspecified atom stereocenters. The average molecular weight is 170 g/mol. The van der Waals surface area contributed by atoms with Crippen molar-refractivity contribution in [3.05, 3.63) is 16.4 Å². The van der Waals surface area contributed by atoms with Gasteiger partial charge < -0.3 is 10.1 Å². The molecule has 0 spiro atoms. The quantitative estimate of drug-likeness (QED) is 0.277. The van der Waals surface area contributed by atoms with Gasteiger partial charge in [-0.3, -0.25) is 0 Å². The van der Waals surface area contributed by atoms with Gasteiger partial charge in [0.1, 0.15) is 6.33 Å². The zero-order valence-electron chi connectivity index (χ0n) is 6.18. The van der Waals surface area contributed by atoms with Crippen molar-refractivity contribution < 1.29 is 4.92 Å². The van der Waals surface area contributed by atoms with Crippen LogP contribution in [0.2, 0.25) is 0 Å². The highest BCUT2D eigenvalue weighted by Crippen LogP contribution is 1.91. The zero-order chi connectivity index (χ0) is 8.97. The molecule has 1 heterocycles. The van der Waals surface area contributed by atoms with Gasteiger partial charge in [-0.15, -0.1) is 5.43 Å². The van der Waals surface area contributed by atoms with Gasteiger partial charge in [0, 0.05) is 6.92 Å². The Hall–Kier alpha value is -1.99. The summed E-state index contributed by atoms with van der Waals surface area (Å²) in [6.07, 6.45) is 1.26. The number of H-pyrrole nitrogens is 1. The number of nitrogens with zero attached hydrogens (tertiary/aromatic N) is 4. The lowest BCUT2D eigenvalue weighted by atomic mass is 10.7. The standard InChI is InChI=1S/C4H6N6O2/c1-3(10(11)12)7-9-4-5-2-6-8-4/h2H,1H3,(H2,5,6,8,9). The van der Waals surface area contributed by atoms with Crippen LogP contribution in [0.1, 0.15) is 6.92 Å². The van der Waals surface area contributed by atoms with E-state index in [1.807, 2.05) is 0 Å².